The van der Waals surface area contributed by atoms with Crippen molar-refractivity contribution in [2.75, 3.05) is 0 Å². The maximum atomic E-state index is 14.1. The number of benzene rings is 2. The third-order valence-corrected chi connectivity index (χ3v) is 5.55. The molecule has 1 aliphatic rings. The van der Waals surface area contributed by atoms with Gasteiger partial charge in [-0.2, -0.15) is 0 Å². The standard InChI is InChI=1S/C23H17BrFNO4/c1-13-7-8-15(11-18(13)25)21(27)19-20(14-4-2-5-16(24)10-14)26(23(29)22(19)28)12-17-6-3-9-30-17/h2-11,20,27H,12H2,1H3. The second kappa shape index (κ2) is 7.91. The number of nitrogens with zero attached hydrogens (tertiary/aromatic N) is 1. The van der Waals surface area contributed by atoms with Crippen molar-refractivity contribution in [2.45, 2.75) is 19.5 Å². The first-order chi connectivity index (χ1) is 14.4. The van der Waals surface area contributed by atoms with Gasteiger partial charge in [-0.05, 0) is 48.4 Å². The number of halogens is 2. The van der Waals surface area contributed by atoms with E-state index in [0.29, 0.717) is 16.9 Å². The van der Waals surface area contributed by atoms with Crippen LogP contribution < -0.4 is 0 Å². The van der Waals surface area contributed by atoms with Crippen LogP contribution in [0.25, 0.3) is 5.76 Å². The number of Topliss-reactive ketones (excluding diaryl/α,β-unsaturated/α-hetero) is 1. The van der Waals surface area contributed by atoms with Crippen LogP contribution in [-0.4, -0.2) is 21.7 Å². The lowest BCUT2D eigenvalue weighted by Crippen LogP contribution is -2.29. The lowest BCUT2D eigenvalue weighted by molar-refractivity contribution is -0.140. The number of likely N-dealkylation sites (tertiary alicyclic amines) is 1. The van der Waals surface area contributed by atoms with Gasteiger partial charge >= 0.3 is 0 Å². The van der Waals surface area contributed by atoms with E-state index in [-0.39, 0.29) is 17.7 Å². The first kappa shape index (κ1) is 20.1. The van der Waals surface area contributed by atoms with Crippen LogP contribution in [0.15, 0.2) is 75.3 Å². The monoisotopic (exact) mass is 469 g/mol. The third kappa shape index (κ3) is 3.57. The zero-order valence-electron chi connectivity index (χ0n) is 15.9. The van der Waals surface area contributed by atoms with Gasteiger partial charge in [0, 0.05) is 10.0 Å². The molecule has 5 nitrogen and oxygen atoms in total. The minimum Gasteiger partial charge on any atom is -0.507 e. The average molecular weight is 470 g/mol. The Labute approximate surface area is 180 Å². The van der Waals surface area contributed by atoms with Gasteiger partial charge in [0.15, 0.2) is 0 Å². The van der Waals surface area contributed by atoms with Crippen molar-refractivity contribution >= 4 is 33.4 Å². The predicted molar refractivity (Wildman–Crippen MR) is 112 cm³/mol. The summed E-state index contributed by atoms with van der Waals surface area (Å²) in [6, 6.07) is 13.9. The van der Waals surface area contributed by atoms with Crippen LogP contribution in [0, 0.1) is 12.7 Å². The second-order valence-electron chi connectivity index (χ2n) is 7.03. The van der Waals surface area contributed by atoms with E-state index in [4.69, 9.17) is 4.42 Å². The van der Waals surface area contributed by atoms with Gasteiger partial charge in [0.2, 0.25) is 0 Å². The molecule has 3 aromatic rings. The quantitative estimate of drug-likeness (QED) is 0.327. The van der Waals surface area contributed by atoms with Gasteiger partial charge in [-0.3, -0.25) is 9.59 Å². The number of aliphatic hydroxyl groups is 1. The highest BCUT2D eigenvalue weighted by Gasteiger charge is 2.46. The summed E-state index contributed by atoms with van der Waals surface area (Å²) in [6.07, 6.45) is 1.48. The molecule has 0 aliphatic carbocycles. The molecule has 1 saturated heterocycles. The molecule has 30 heavy (non-hydrogen) atoms. The Balaban J connectivity index is 1.89. The molecule has 2 heterocycles. The van der Waals surface area contributed by atoms with Crippen LogP contribution in [0.2, 0.25) is 0 Å². The SMILES string of the molecule is Cc1ccc(C(O)=C2C(=O)C(=O)N(Cc3ccco3)C2c2cccc(Br)c2)cc1F. The molecule has 1 N–H and O–H groups in total. The number of ketones is 1. The number of furan rings is 1. The van der Waals surface area contributed by atoms with E-state index in [1.54, 1.807) is 37.3 Å². The molecule has 0 bridgehead atoms. The Hall–Kier alpha value is -3.19. The van der Waals surface area contributed by atoms with Gasteiger partial charge in [-0.15, -0.1) is 0 Å². The fourth-order valence-corrected chi connectivity index (χ4v) is 3.95. The molecule has 1 unspecified atom stereocenters. The van der Waals surface area contributed by atoms with Crippen LogP contribution in [0.1, 0.15) is 28.5 Å². The van der Waals surface area contributed by atoms with Crippen molar-refractivity contribution in [1.29, 1.82) is 0 Å². The van der Waals surface area contributed by atoms with Crippen molar-refractivity contribution in [3.8, 4) is 0 Å². The Morgan fingerprint density at radius 2 is 1.97 bits per heavy atom. The third-order valence-electron chi connectivity index (χ3n) is 5.06. The smallest absolute Gasteiger partial charge is 0.296 e. The van der Waals surface area contributed by atoms with E-state index in [0.717, 1.165) is 10.5 Å². The number of carbonyl (C=O) groups is 2. The highest BCUT2D eigenvalue weighted by molar-refractivity contribution is 9.10. The first-order valence-corrected chi connectivity index (χ1v) is 9.99. The molecule has 1 aromatic heterocycles. The summed E-state index contributed by atoms with van der Waals surface area (Å²) in [5.74, 6) is -2.02. The molecule has 1 amide bonds. The first-order valence-electron chi connectivity index (χ1n) is 9.19. The van der Waals surface area contributed by atoms with Crippen LogP contribution in [0.3, 0.4) is 0 Å². The zero-order valence-corrected chi connectivity index (χ0v) is 17.5. The topological polar surface area (TPSA) is 70.8 Å². The molecule has 0 spiro atoms. The molecule has 7 heteroatoms. The maximum Gasteiger partial charge on any atom is 0.296 e. The molecule has 0 saturated carbocycles. The van der Waals surface area contributed by atoms with Gasteiger partial charge in [-0.1, -0.05) is 40.2 Å². The van der Waals surface area contributed by atoms with Crippen molar-refractivity contribution in [2.24, 2.45) is 0 Å². The van der Waals surface area contributed by atoms with E-state index in [9.17, 15) is 19.1 Å². The van der Waals surface area contributed by atoms with E-state index in [2.05, 4.69) is 15.9 Å². The van der Waals surface area contributed by atoms with Crippen LogP contribution in [0.4, 0.5) is 4.39 Å². The van der Waals surface area contributed by atoms with E-state index >= 15 is 0 Å². The van der Waals surface area contributed by atoms with Crippen molar-refractivity contribution in [3.63, 3.8) is 0 Å². The number of aliphatic hydroxyl groups excluding tert-OH is 1. The number of carbonyl (C=O) groups excluding carboxylic acids is 2. The Kier molecular flexibility index (Phi) is 5.30. The molecule has 152 valence electrons. The van der Waals surface area contributed by atoms with E-state index < -0.39 is 29.3 Å². The van der Waals surface area contributed by atoms with E-state index in [1.165, 1.54) is 23.3 Å². The summed E-state index contributed by atoms with van der Waals surface area (Å²) in [5, 5.41) is 10.9. The molecular formula is C23H17BrFNO4. The Morgan fingerprint density at radius 3 is 2.63 bits per heavy atom. The second-order valence-corrected chi connectivity index (χ2v) is 7.94. The minimum absolute atomic E-state index is 0.0494. The predicted octanol–water partition coefficient (Wildman–Crippen LogP) is 5.11. The van der Waals surface area contributed by atoms with Crippen LogP contribution in [0.5, 0.6) is 0 Å². The zero-order chi connectivity index (χ0) is 21.4. The summed E-state index contributed by atoms with van der Waals surface area (Å²) in [5.41, 5.74) is 1.08. The van der Waals surface area contributed by atoms with Gasteiger partial charge in [-0.25, -0.2) is 4.39 Å². The van der Waals surface area contributed by atoms with Gasteiger partial charge in [0.05, 0.1) is 24.4 Å². The number of amides is 1. The van der Waals surface area contributed by atoms with Gasteiger partial charge in [0.25, 0.3) is 11.7 Å². The fraction of sp³-hybridized carbons (Fsp3) is 0.130. The summed E-state index contributed by atoms with van der Waals surface area (Å²) < 4.78 is 20.2. The molecule has 1 atom stereocenters. The Bertz CT molecular complexity index is 1170. The van der Waals surface area contributed by atoms with E-state index in [1.807, 2.05) is 6.07 Å². The summed E-state index contributed by atoms with van der Waals surface area (Å²) >= 11 is 3.40. The molecule has 1 fully saturated rings. The summed E-state index contributed by atoms with van der Waals surface area (Å²) in [7, 11) is 0. The Morgan fingerprint density at radius 1 is 1.17 bits per heavy atom. The van der Waals surface area contributed by atoms with Gasteiger partial charge in [0.1, 0.15) is 17.3 Å². The lowest BCUT2D eigenvalue weighted by Gasteiger charge is -2.24. The summed E-state index contributed by atoms with van der Waals surface area (Å²) in [6.45, 7) is 1.65. The lowest BCUT2D eigenvalue weighted by atomic mass is 9.95. The van der Waals surface area contributed by atoms with Crippen LogP contribution >= 0.6 is 15.9 Å². The highest BCUT2D eigenvalue weighted by atomic mass is 79.9. The molecule has 1 aliphatic heterocycles. The molecule has 0 radical (unpaired) electrons. The van der Waals surface area contributed by atoms with Crippen molar-refractivity contribution in [3.05, 3.63) is 99.2 Å². The normalized spacial score (nSPS) is 18.2. The molecular weight excluding hydrogens is 453 g/mol. The number of hydrogen-bond acceptors (Lipinski definition) is 4. The largest absolute Gasteiger partial charge is 0.507 e. The summed E-state index contributed by atoms with van der Waals surface area (Å²) in [4.78, 5) is 27.2. The fourth-order valence-electron chi connectivity index (χ4n) is 3.53. The van der Waals surface area contributed by atoms with Crippen LogP contribution in [-0.2, 0) is 16.1 Å². The average Bonchev–Trinajstić information content (AvgIpc) is 3.32. The van der Waals surface area contributed by atoms with Gasteiger partial charge < -0.3 is 14.4 Å². The highest BCUT2D eigenvalue weighted by Crippen LogP contribution is 2.41. The van der Waals surface area contributed by atoms with Crippen molar-refractivity contribution in [1.82, 2.24) is 4.90 Å². The number of aryl methyl sites for hydroxylation is 1. The minimum atomic E-state index is -0.850. The maximum absolute atomic E-state index is 14.1. The number of rotatable bonds is 4. The molecule has 4 rings (SSSR count). The molecule has 2 aromatic carbocycles. The number of hydrogen-bond donors (Lipinski definition) is 1. The van der Waals surface area contributed by atoms with Crippen molar-refractivity contribution < 1.29 is 23.5 Å².